The molecule has 1 aliphatic heterocycles. The molecule has 3 nitrogen and oxygen atoms in total. The largest absolute Gasteiger partial charge is 0.390 e. The molecule has 4 rings (SSSR count). The summed E-state index contributed by atoms with van der Waals surface area (Å²) in [5, 5.41) is 9.83. The Bertz CT molecular complexity index is 610. The minimum Gasteiger partial charge on any atom is -0.390 e. The number of aliphatic hydroxyl groups is 1. The van der Waals surface area contributed by atoms with Gasteiger partial charge in [0.05, 0.1) is 5.60 Å². The maximum absolute atomic E-state index is 12.5. The Labute approximate surface area is 145 Å². The molecule has 3 heteroatoms. The number of hydrogen-bond acceptors (Lipinski definition) is 2. The van der Waals surface area contributed by atoms with Gasteiger partial charge in [0.15, 0.2) is 0 Å². The first-order valence-electron chi connectivity index (χ1n) is 9.44. The minimum atomic E-state index is -0.602. The van der Waals surface area contributed by atoms with Gasteiger partial charge < -0.3 is 10.0 Å². The van der Waals surface area contributed by atoms with Crippen LogP contribution in [0.2, 0.25) is 0 Å². The Morgan fingerprint density at radius 3 is 2.25 bits per heavy atom. The van der Waals surface area contributed by atoms with Crippen molar-refractivity contribution in [3.8, 4) is 0 Å². The molecule has 24 heavy (non-hydrogen) atoms. The average molecular weight is 327 g/mol. The van der Waals surface area contributed by atoms with Gasteiger partial charge in [-0.3, -0.25) is 4.79 Å². The predicted octanol–water partition coefficient (Wildman–Crippen LogP) is 3.64. The molecule has 1 spiro atoms. The quantitative estimate of drug-likeness (QED) is 0.901. The van der Waals surface area contributed by atoms with Crippen LogP contribution >= 0.6 is 0 Å². The summed E-state index contributed by atoms with van der Waals surface area (Å²) in [6.45, 7) is 5.87. The Morgan fingerprint density at radius 2 is 1.71 bits per heavy atom. The normalized spacial score (nSPS) is 32.3. The number of rotatable bonds is 2. The van der Waals surface area contributed by atoms with Gasteiger partial charge in [0.25, 0.3) is 0 Å². The molecule has 2 aliphatic carbocycles. The Balaban J connectivity index is 1.28. The molecule has 2 saturated carbocycles. The van der Waals surface area contributed by atoms with Gasteiger partial charge in [0.1, 0.15) is 0 Å². The highest BCUT2D eigenvalue weighted by atomic mass is 16.3. The standard InChI is InChI=1S/C21H29NO2/c1-15-3-5-16(6-4-15)17-7-9-21(10-8-17)13-22(14-21)19(23)18-11-20(2,24)12-18/h3-6,17-18,24H,7-14H2,1-2H3/t18-,20+. The van der Waals surface area contributed by atoms with E-state index >= 15 is 0 Å². The van der Waals surface area contributed by atoms with Gasteiger partial charge in [-0.05, 0) is 63.9 Å². The molecule has 0 aromatic heterocycles. The van der Waals surface area contributed by atoms with Gasteiger partial charge in [0.2, 0.25) is 5.91 Å². The summed E-state index contributed by atoms with van der Waals surface area (Å²) in [5.41, 5.74) is 2.60. The molecule has 1 N–H and O–H groups in total. The van der Waals surface area contributed by atoms with Crippen LogP contribution in [0.1, 0.15) is 62.5 Å². The summed E-state index contributed by atoms with van der Waals surface area (Å²) < 4.78 is 0. The predicted molar refractivity (Wildman–Crippen MR) is 94.7 cm³/mol. The van der Waals surface area contributed by atoms with E-state index in [1.807, 2.05) is 11.8 Å². The fourth-order valence-electron chi connectivity index (χ4n) is 5.07. The van der Waals surface area contributed by atoms with Gasteiger partial charge in [-0.25, -0.2) is 0 Å². The Hall–Kier alpha value is -1.35. The van der Waals surface area contributed by atoms with Crippen LogP contribution in [-0.2, 0) is 4.79 Å². The first-order valence-corrected chi connectivity index (χ1v) is 9.44. The van der Waals surface area contributed by atoms with E-state index < -0.39 is 5.60 Å². The van der Waals surface area contributed by atoms with E-state index in [2.05, 4.69) is 31.2 Å². The molecule has 0 bridgehead atoms. The molecular formula is C21H29NO2. The third-order valence-corrected chi connectivity index (χ3v) is 6.68. The zero-order valence-electron chi connectivity index (χ0n) is 14.9. The first kappa shape index (κ1) is 16.1. The molecule has 1 aromatic rings. The van der Waals surface area contributed by atoms with Crippen LogP contribution < -0.4 is 0 Å². The molecule has 1 saturated heterocycles. The Morgan fingerprint density at radius 1 is 1.12 bits per heavy atom. The van der Waals surface area contributed by atoms with Crippen molar-refractivity contribution in [2.75, 3.05) is 13.1 Å². The van der Waals surface area contributed by atoms with Crippen LogP contribution in [0.15, 0.2) is 24.3 Å². The lowest BCUT2D eigenvalue weighted by atomic mass is 9.63. The van der Waals surface area contributed by atoms with Gasteiger partial charge >= 0.3 is 0 Å². The van der Waals surface area contributed by atoms with E-state index in [-0.39, 0.29) is 11.8 Å². The van der Waals surface area contributed by atoms with Crippen molar-refractivity contribution in [2.24, 2.45) is 11.3 Å². The Kier molecular flexibility index (Phi) is 3.76. The fourth-order valence-corrected chi connectivity index (χ4v) is 5.07. The summed E-state index contributed by atoms with van der Waals surface area (Å²) in [7, 11) is 0. The second-order valence-corrected chi connectivity index (χ2v) is 8.98. The highest BCUT2D eigenvalue weighted by Gasteiger charge is 2.51. The van der Waals surface area contributed by atoms with Gasteiger partial charge in [-0.2, -0.15) is 0 Å². The number of amides is 1. The molecule has 3 fully saturated rings. The number of nitrogens with zero attached hydrogens (tertiary/aromatic N) is 1. The molecule has 1 aromatic carbocycles. The van der Waals surface area contributed by atoms with E-state index in [4.69, 9.17) is 0 Å². The molecule has 130 valence electrons. The zero-order chi connectivity index (χ0) is 16.9. The van der Waals surface area contributed by atoms with Crippen LogP contribution in [0.3, 0.4) is 0 Å². The van der Waals surface area contributed by atoms with E-state index in [1.54, 1.807) is 0 Å². The van der Waals surface area contributed by atoms with Gasteiger partial charge in [-0.1, -0.05) is 29.8 Å². The number of carbonyl (C=O) groups excluding carboxylic acids is 1. The van der Waals surface area contributed by atoms with E-state index in [1.165, 1.54) is 36.8 Å². The zero-order valence-corrected chi connectivity index (χ0v) is 14.9. The molecule has 0 atom stereocenters. The maximum Gasteiger partial charge on any atom is 0.225 e. The lowest BCUT2D eigenvalue weighted by Crippen LogP contribution is -2.62. The number of carbonyl (C=O) groups is 1. The van der Waals surface area contributed by atoms with Crippen LogP contribution in [-0.4, -0.2) is 34.6 Å². The van der Waals surface area contributed by atoms with E-state index in [0.717, 1.165) is 13.1 Å². The summed E-state index contributed by atoms with van der Waals surface area (Å²) in [5.74, 6) is 1.05. The van der Waals surface area contributed by atoms with Crippen molar-refractivity contribution in [3.63, 3.8) is 0 Å². The third-order valence-electron chi connectivity index (χ3n) is 6.68. The molecule has 1 amide bonds. The van der Waals surface area contributed by atoms with Crippen LogP contribution in [0.25, 0.3) is 0 Å². The lowest BCUT2D eigenvalue weighted by Gasteiger charge is -2.55. The van der Waals surface area contributed by atoms with Crippen molar-refractivity contribution in [1.82, 2.24) is 4.90 Å². The topological polar surface area (TPSA) is 40.5 Å². The highest BCUT2D eigenvalue weighted by molar-refractivity contribution is 5.81. The summed E-state index contributed by atoms with van der Waals surface area (Å²) in [6, 6.07) is 9.02. The number of benzene rings is 1. The number of hydrogen-bond donors (Lipinski definition) is 1. The van der Waals surface area contributed by atoms with Crippen LogP contribution in [0.5, 0.6) is 0 Å². The smallest absolute Gasteiger partial charge is 0.225 e. The second kappa shape index (κ2) is 5.59. The van der Waals surface area contributed by atoms with Crippen molar-refractivity contribution < 1.29 is 9.90 Å². The third kappa shape index (κ3) is 2.88. The van der Waals surface area contributed by atoms with Crippen molar-refractivity contribution in [2.45, 2.75) is 63.9 Å². The minimum absolute atomic E-state index is 0.0706. The lowest BCUT2D eigenvalue weighted by molar-refractivity contribution is -0.163. The molecular weight excluding hydrogens is 298 g/mol. The van der Waals surface area contributed by atoms with E-state index in [0.29, 0.717) is 24.2 Å². The van der Waals surface area contributed by atoms with Gasteiger partial charge in [-0.15, -0.1) is 0 Å². The van der Waals surface area contributed by atoms with Crippen LogP contribution in [0.4, 0.5) is 0 Å². The van der Waals surface area contributed by atoms with Gasteiger partial charge in [0, 0.05) is 24.4 Å². The summed E-state index contributed by atoms with van der Waals surface area (Å²) >= 11 is 0. The average Bonchev–Trinajstić information content (AvgIpc) is 2.50. The van der Waals surface area contributed by atoms with Crippen molar-refractivity contribution in [3.05, 3.63) is 35.4 Å². The fraction of sp³-hybridized carbons (Fsp3) is 0.667. The van der Waals surface area contributed by atoms with Crippen molar-refractivity contribution in [1.29, 1.82) is 0 Å². The molecule has 3 aliphatic rings. The molecule has 1 heterocycles. The maximum atomic E-state index is 12.5. The van der Waals surface area contributed by atoms with E-state index in [9.17, 15) is 9.90 Å². The second-order valence-electron chi connectivity index (χ2n) is 8.98. The number of aryl methyl sites for hydroxylation is 1. The van der Waals surface area contributed by atoms with Crippen LogP contribution in [0, 0.1) is 18.3 Å². The monoisotopic (exact) mass is 327 g/mol. The summed E-state index contributed by atoms with van der Waals surface area (Å²) in [4.78, 5) is 14.5. The molecule has 0 unspecified atom stereocenters. The SMILES string of the molecule is Cc1ccc(C2CCC3(CC2)CN(C(=O)[C@H]2C[C@@](C)(O)C2)C3)cc1. The highest BCUT2D eigenvalue weighted by Crippen LogP contribution is 2.49. The molecule has 0 radical (unpaired) electrons. The van der Waals surface area contributed by atoms with Crippen molar-refractivity contribution >= 4 is 5.91 Å². The number of likely N-dealkylation sites (tertiary alicyclic amines) is 1. The first-order chi connectivity index (χ1) is 11.4. The summed E-state index contributed by atoms with van der Waals surface area (Å²) in [6.07, 6.45) is 6.29.